The number of piperazine rings is 1. The number of hydrogen-bond acceptors (Lipinski definition) is 1. The molecule has 3 rings (SSSR count). The fourth-order valence-electron chi connectivity index (χ4n) is 3.21. The second kappa shape index (κ2) is 6.72. The molecule has 0 radical (unpaired) electrons. The van der Waals surface area contributed by atoms with Crippen molar-refractivity contribution in [1.29, 1.82) is 0 Å². The zero-order chi connectivity index (χ0) is 15.5. The highest BCUT2D eigenvalue weighted by molar-refractivity contribution is 6.30. The first-order chi connectivity index (χ1) is 10.6. The van der Waals surface area contributed by atoms with E-state index in [1.807, 2.05) is 12.1 Å². The smallest absolute Gasteiger partial charge is 0.103 e. The minimum atomic E-state index is 0.818. The summed E-state index contributed by atoms with van der Waals surface area (Å²) in [5.41, 5.74) is 5.59. The minimum Gasteiger partial charge on any atom is -0.360 e. The second-order valence-electron chi connectivity index (χ2n) is 6.26. The van der Waals surface area contributed by atoms with Crippen LogP contribution in [0.3, 0.4) is 0 Å². The van der Waals surface area contributed by atoms with Crippen molar-refractivity contribution >= 4 is 17.3 Å². The lowest BCUT2D eigenvalue weighted by Gasteiger charge is -2.34. The van der Waals surface area contributed by atoms with Gasteiger partial charge >= 0.3 is 0 Å². The summed E-state index contributed by atoms with van der Waals surface area (Å²) >= 11 is 5.96. The van der Waals surface area contributed by atoms with E-state index < -0.39 is 0 Å². The number of benzene rings is 2. The van der Waals surface area contributed by atoms with Crippen LogP contribution < -0.4 is 9.80 Å². The minimum absolute atomic E-state index is 0.818. The van der Waals surface area contributed by atoms with Crippen molar-refractivity contribution in [1.82, 2.24) is 0 Å². The fraction of sp³-hybridized carbons (Fsp3) is 0.368. The van der Waals surface area contributed by atoms with Crippen LogP contribution in [0.25, 0.3) is 0 Å². The molecule has 2 aromatic carbocycles. The normalized spacial score (nSPS) is 16.0. The number of halogens is 1. The van der Waals surface area contributed by atoms with Crippen LogP contribution in [-0.4, -0.2) is 26.2 Å². The van der Waals surface area contributed by atoms with Crippen molar-refractivity contribution in [2.24, 2.45) is 0 Å². The predicted molar refractivity (Wildman–Crippen MR) is 94.0 cm³/mol. The lowest BCUT2D eigenvalue weighted by molar-refractivity contribution is -0.914. The third-order valence-corrected chi connectivity index (χ3v) is 5.01. The van der Waals surface area contributed by atoms with E-state index in [1.165, 1.54) is 35.5 Å². The first-order valence-electron chi connectivity index (χ1n) is 8.02. The first kappa shape index (κ1) is 15.4. The standard InChI is InChI=1S/C19H23ClN2/c1-15-4-3-5-19(16(15)2)22-12-10-21(11-13-22)14-17-6-8-18(20)9-7-17/h3-9H,10-14H2,1-2H3/p+1. The molecule has 0 amide bonds. The zero-order valence-corrected chi connectivity index (χ0v) is 14.2. The van der Waals surface area contributed by atoms with E-state index >= 15 is 0 Å². The molecular weight excluding hydrogens is 292 g/mol. The molecule has 1 fully saturated rings. The number of quaternary nitrogens is 1. The van der Waals surface area contributed by atoms with Gasteiger partial charge in [0.2, 0.25) is 0 Å². The molecule has 0 aliphatic carbocycles. The average molecular weight is 316 g/mol. The molecule has 0 atom stereocenters. The van der Waals surface area contributed by atoms with Gasteiger partial charge in [-0.05, 0) is 43.2 Å². The summed E-state index contributed by atoms with van der Waals surface area (Å²) in [6.07, 6.45) is 0. The van der Waals surface area contributed by atoms with Gasteiger partial charge < -0.3 is 9.80 Å². The molecule has 1 N–H and O–H groups in total. The Kier molecular flexibility index (Phi) is 4.70. The van der Waals surface area contributed by atoms with Crippen LogP contribution in [0.5, 0.6) is 0 Å². The Morgan fingerprint density at radius 1 is 1.00 bits per heavy atom. The Morgan fingerprint density at radius 2 is 1.68 bits per heavy atom. The quantitative estimate of drug-likeness (QED) is 0.915. The third-order valence-electron chi connectivity index (χ3n) is 4.75. The van der Waals surface area contributed by atoms with Crippen LogP contribution in [0.4, 0.5) is 5.69 Å². The summed E-state index contributed by atoms with van der Waals surface area (Å²) in [6.45, 7) is 10.2. The van der Waals surface area contributed by atoms with Crippen molar-refractivity contribution < 1.29 is 4.90 Å². The molecule has 1 saturated heterocycles. The largest absolute Gasteiger partial charge is 0.360 e. The van der Waals surface area contributed by atoms with Gasteiger partial charge in [0.1, 0.15) is 6.54 Å². The Balaban J connectivity index is 1.60. The fourth-order valence-corrected chi connectivity index (χ4v) is 3.34. The highest BCUT2D eigenvalue weighted by atomic mass is 35.5. The van der Waals surface area contributed by atoms with E-state index in [0.29, 0.717) is 0 Å². The number of nitrogens with one attached hydrogen (secondary N) is 1. The predicted octanol–water partition coefficient (Wildman–Crippen LogP) is 2.86. The van der Waals surface area contributed by atoms with E-state index in [9.17, 15) is 0 Å². The Labute approximate surface area is 138 Å². The molecular formula is C19H24ClN2+. The van der Waals surface area contributed by atoms with Gasteiger partial charge in [0, 0.05) is 16.3 Å². The Morgan fingerprint density at radius 3 is 2.36 bits per heavy atom. The Hall–Kier alpha value is -1.51. The van der Waals surface area contributed by atoms with Crippen molar-refractivity contribution in [2.75, 3.05) is 31.1 Å². The third kappa shape index (κ3) is 3.45. The van der Waals surface area contributed by atoms with Gasteiger partial charge in [0.05, 0.1) is 26.2 Å². The molecule has 0 unspecified atom stereocenters. The molecule has 1 heterocycles. The van der Waals surface area contributed by atoms with Crippen LogP contribution >= 0.6 is 11.6 Å². The molecule has 1 aliphatic heterocycles. The summed E-state index contributed by atoms with van der Waals surface area (Å²) in [7, 11) is 0. The molecule has 116 valence electrons. The van der Waals surface area contributed by atoms with Gasteiger partial charge in [0.15, 0.2) is 0 Å². The van der Waals surface area contributed by atoms with Gasteiger partial charge in [-0.1, -0.05) is 35.9 Å². The maximum Gasteiger partial charge on any atom is 0.103 e. The molecule has 0 bridgehead atoms. The molecule has 0 saturated carbocycles. The van der Waals surface area contributed by atoms with E-state index in [4.69, 9.17) is 11.6 Å². The van der Waals surface area contributed by atoms with Crippen molar-refractivity contribution in [3.8, 4) is 0 Å². The van der Waals surface area contributed by atoms with Gasteiger partial charge in [0.25, 0.3) is 0 Å². The van der Waals surface area contributed by atoms with Gasteiger partial charge in [-0.25, -0.2) is 0 Å². The van der Waals surface area contributed by atoms with Crippen LogP contribution in [0.2, 0.25) is 5.02 Å². The lowest BCUT2D eigenvalue weighted by Crippen LogP contribution is -3.13. The number of aryl methyl sites for hydroxylation is 1. The molecule has 22 heavy (non-hydrogen) atoms. The van der Waals surface area contributed by atoms with Crippen molar-refractivity contribution in [3.05, 3.63) is 64.2 Å². The summed E-state index contributed by atoms with van der Waals surface area (Å²) in [4.78, 5) is 4.19. The molecule has 3 heteroatoms. The topological polar surface area (TPSA) is 7.68 Å². The average Bonchev–Trinajstić information content (AvgIpc) is 2.53. The van der Waals surface area contributed by atoms with Crippen LogP contribution in [0.1, 0.15) is 16.7 Å². The van der Waals surface area contributed by atoms with E-state index in [0.717, 1.165) is 24.7 Å². The zero-order valence-electron chi connectivity index (χ0n) is 13.4. The van der Waals surface area contributed by atoms with Gasteiger partial charge in [-0.3, -0.25) is 0 Å². The Bertz CT molecular complexity index is 628. The number of hydrogen-bond donors (Lipinski definition) is 1. The summed E-state index contributed by atoms with van der Waals surface area (Å²) in [6, 6.07) is 14.9. The first-order valence-corrected chi connectivity index (χ1v) is 8.40. The number of nitrogens with zero attached hydrogens (tertiary/aromatic N) is 1. The van der Waals surface area contributed by atoms with Crippen LogP contribution in [-0.2, 0) is 6.54 Å². The van der Waals surface area contributed by atoms with Gasteiger partial charge in [-0.2, -0.15) is 0 Å². The lowest BCUT2D eigenvalue weighted by atomic mass is 10.1. The van der Waals surface area contributed by atoms with Crippen molar-refractivity contribution in [2.45, 2.75) is 20.4 Å². The highest BCUT2D eigenvalue weighted by Gasteiger charge is 2.21. The van der Waals surface area contributed by atoms with Gasteiger partial charge in [-0.15, -0.1) is 0 Å². The summed E-state index contributed by atoms with van der Waals surface area (Å²) < 4.78 is 0. The van der Waals surface area contributed by atoms with E-state index in [1.54, 1.807) is 4.90 Å². The number of rotatable bonds is 3. The summed E-state index contributed by atoms with van der Waals surface area (Å²) in [5, 5.41) is 0.818. The van der Waals surface area contributed by atoms with Crippen LogP contribution in [0.15, 0.2) is 42.5 Å². The maximum atomic E-state index is 5.96. The number of anilines is 1. The van der Waals surface area contributed by atoms with E-state index in [-0.39, 0.29) is 0 Å². The molecule has 0 spiro atoms. The highest BCUT2D eigenvalue weighted by Crippen LogP contribution is 2.22. The summed E-state index contributed by atoms with van der Waals surface area (Å²) in [5.74, 6) is 0. The molecule has 2 aromatic rings. The monoisotopic (exact) mass is 315 g/mol. The molecule has 2 nitrogen and oxygen atoms in total. The maximum absolute atomic E-state index is 5.96. The molecule has 1 aliphatic rings. The SMILES string of the molecule is Cc1cccc(N2CC[NH+](Cc3ccc(Cl)cc3)CC2)c1C. The van der Waals surface area contributed by atoms with Crippen molar-refractivity contribution in [3.63, 3.8) is 0 Å². The van der Waals surface area contributed by atoms with Crippen LogP contribution in [0, 0.1) is 13.8 Å². The second-order valence-corrected chi connectivity index (χ2v) is 6.70. The molecule has 0 aromatic heterocycles. The van der Waals surface area contributed by atoms with E-state index in [2.05, 4.69) is 49.1 Å².